The summed E-state index contributed by atoms with van der Waals surface area (Å²) < 4.78 is 7.61. The predicted octanol–water partition coefficient (Wildman–Crippen LogP) is 3.08. The maximum atomic E-state index is 9.55. The smallest absolute Gasteiger partial charge is 0.328 e. The summed E-state index contributed by atoms with van der Waals surface area (Å²) in [5.74, 6) is -1.78. The van der Waals surface area contributed by atoms with E-state index >= 15 is 0 Å². The number of nitrogens with zero attached hydrogens (tertiary/aromatic N) is 3. The van der Waals surface area contributed by atoms with Crippen LogP contribution in [-0.4, -0.2) is 62.9 Å². The van der Waals surface area contributed by atoms with Crippen LogP contribution in [0.4, 0.5) is 0 Å². The number of hydrogen-bond acceptors (Lipinski definition) is 5. The quantitative estimate of drug-likeness (QED) is 0.515. The molecule has 2 N–H and O–H groups in total. The second-order valence-corrected chi connectivity index (χ2v) is 6.87. The monoisotopic (exact) mass is 403 g/mol. The van der Waals surface area contributed by atoms with E-state index in [0.717, 1.165) is 24.4 Å². The van der Waals surface area contributed by atoms with E-state index in [-0.39, 0.29) is 0 Å². The number of aromatic nitrogens is 2. The van der Waals surface area contributed by atoms with Crippen molar-refractivity contribution < 1.29 is 24.5 Å². The molecule has 0 atom stereocenters. The third kappa shape index (κ3) is 9.25. The molecule has 0 amide bonds. The van der Waals surface area contributed by atoms with Gasteiger partial charge in [0, 0.05) is 24.4 Å². The van der Waals surface area contributed by atoms with Gasteiger partial charge in [-0.05, 0) is 57.5 Å². The molecular weight excluding hydrogens is 374 g/mol. The van der Waals surface area contributed by atoms with Gasteiger partial charge in [0.2, 0.25) is 5.88 Å². The van der Waals surface area contributed by atoms with E-state index in [1.54, 1.807) is 0 Å². The first-order valence-electron chi connectivity index (χ1n) is 9.98. The summed E-state index contributed by atoms with van der Waals surface area (Å²) in [5.41, 5.74) is 1.08. The third-order valence-corrected chi connectivity index (χ3v) is 4.53. The summed E-state index contributed by atoms with van der Waals surface area (Å²) in [6.45, 7) is 4.55. The molecule has 0 unspecified atom stereocenters. The minimum Gasteiger partial charge on any atom is -0.478 e. The van der Waals surface area contributed by atoms with Gasteiger partial charge in [0.15, 0.2) is 0 Å². The van der Waals surface area contributed by atoms with Crippen molar-refractivity contribution >= 4 is 17.5 Å². The molecule has 1 saturated heterocycles. The van der Waals surface area contributed by atoms with Crippen LogP contribution in [0.3, 0.4) is 0 Å². The Hall–Kier alpha value is -2.87. The van der Waals surface area contributed by atoms with Crippen LogP contribution in [0, 0.1) is 0 Å². The van der Waals surface area contributed by atoms with Crippen LogP contribution in [0.1, 0.15) is 38.5 Å². The van der Waals surface area contributed by atoms with E-state index in [0.29, 0.717) is 12.2 Å². The number of rotatable bonds is 8. The molecule has 0 aromatic carbocycles. The highest BCUT2D eigenvalue weighted by Crippen LogP contribution is 2.13. The van der Waals surface area contributed by atoms with Gasteiger partial charge < -0.3 is 19.8 Å². The van der Waals surface area contributed by atoms with Crippen molar-refractivity contribution in [2.75, 3.05) is 26.2 Å². The highest BCUT2D eigenvalue weighted by Gasteiger charge is 2.08. The summed E-state index contributed by atoms with van der Waals surface area (Å²) in [4.78, 5) is 21.7. The van der Waals surface area contributed by atoms with E-state index in [1.165, 1.54) is 51.7 Å². The number of aliphatic carboxylic acids is 2. The van der Waals surface area contributed by atoms with E-state index < -0.39 is 11.9 Å². The van der Waals surface area contributed by atoms with E-state index in [2.05, 4.69) is 10.00 Å². The molecular formula is C21H29N3O5. The van der Waals surface area contributed by atoms with E-state index in [9.17, 15) is 9.59 Å². The Bertz CT molecular complexity index is 745. The van der Waals surface area contributed by atoms with Crippen molar-refractivity contribution in [1.29, 1.82) is 0 Å². The Balaban J connectivity index is 0.000000321. The average Bonchev–Trinajstić information content (AvgIpc) is 2.93. The maximum absolute atomic E-state index is 9.55. The summed E-state index contributed by atoms with van der Waals surface area (Å²) >= 11 is 0. The standard InChI is InChI=1S/C17H25N3O.C4H4O4/c1-2-5-11-19(10-4-1)12-7-8-14-21-17-15-16-9-3-6-13-20(16)18-17;5-3(6)1-2-4(7)8/h3,6,9,13,15H,1-2,4-5,7-8,10-12,14H2;1-2H,(H,5,6)(H,7,8). The summed E-state index contributed by atoms with van der Waals surface area (Å²) in [6.07, 6.45) is 10.9. The largest absolute Gasteiger partial charge is 0.478 e. The number of ether oxygens (including phenoxy) is 1. The fraction of sp³-hybridized carbons (Fsp3) is 0.476. The van der Waals surface area contributed by atoms with E-state index in [1.807, 2.05) is 35.0 Å². The van der Waals surface area contributed by atoms with Crippen LogP contribution in [0.15, 0.2) is 42.6 Å². The Morgan fingerprint density at radius 3 is 2.34 bits per heavy atom. The van der Waals surface area contributed by atoms with Gasteiger partial charge in [-0.1, -0.05) is 18.9 Å². The zero-order chi connectivity index (χ0) is 20.9. The number of carboxylic acids is 2. The Kier molecular flexibility index (Phi) is 9.71. The Morgan fingerprint density at radius 2 is 1.72 bits per heavy atom. The zero-order valence-corrected chi connectivity index (χ0v) is 16.6. The molecule has 2 aromatic heterocycles. The lowest BCUT2D eigenvalue weighted by Crippen LogP contribution is -2.25. The fourth-order valence-electron chi connectivity index (χ4n) is 3.10. The topological polar surface area (TPSA) is 104 Å². The number of hydrogen-bond donors (Lipinski definition) is 2. The zero-order valence-electron chi connectivity index (χ0n) is 16.6. The van der Waals surface area contributed by atoms with Gasteiger partial charge in [0.1, 0.15) is 0 Å². The third-order valence-electron chi connectivity index (χ3n) is 4.53. The fourth-order valence-corrected chi connectivity index (χ4v) is 3.10. The minimum atomic E-state index is -1.26. The molecule has 1 aliphatic heterocycles. The van der Waals surface area contributed by atoms with Crippen molar-refractivity contribution in [3.8, 4) is 5.88 Å². The number of fused-ring (bicyclic) bond motifs is 1. The van der Waals surface area contributed by atoms with Crippen molar-refractivity contribution in [2.24, 2.45) is 0 Å². The van der Waals surface area contributed by atoms with Gasteiger partial charge in [0.25, 0.3) is 0 Å². The molecule has 2 aromatic rings. The minimum absolute atomic E-state index is 0.558. The Morgan fingerprint density at radius 1 is 1.03 bits per heavy atom. The van der Waals surface area contributed by atoms with Crippen LogP contribution in [0.5, 0.6) is 5.88 Å². The molecule has 8 heteroatoms. The Labute approximate surface area is 170 Å². The van der Waals surface area contributed by atoms with Crippen LogP contribution < -0.4 is 4.74 Å². The molecule has 3 rings (SSSR count). The molecule has 158 valence electrons. The van der Waals surface area contributed by atoms with Crippen molar-refractivity contribution in [1.82, 2.24) is 14.5 Å². The average molecular weight is 403 g/mol. The highest BCUT2D eigenvalue weighted by atomic mass is 16.5. The van der Waals surface area contributed by atoms with Gasteiger partial charge in [-0.3, -0.25) is 0 Å². The lowest BCUT2D eigenvalue weighted by Gasteiger charge is -2.19. The lowest BCUT2D eigenvalue weighted by molar-refractivity contribution is -0.134. The van der Waals surface area contributed by atoms with Gasteiger partial charge >= 0.3 is 11.9 Å². The first kappa shape index (κ1) is 22.4. The van der Waals surface area contributed by atoms with Crippen molar-refractivity contribution in [3.63, 3.8) is 0 Å². The first-order chi connectivity index (χ1) is 14.0. The number of carboxylic acid groups (broad SMARTS) is 2. The summed E-state index contributed by atoms with van der Waals surface area (Å²) in [7, 11) is 0. The van der Waals surface area contributed by atoms with Gasteiger partial charge in [-0.25, -0.2) is 14.1 Å². The van der Waals surface area contributed by atoms with Gasteiger partial charge in [0.05, 0.1) is 12.1 Å². The molecule has 29 heavy (non-hydrogen) atoms. The second kappa shape index (κ2) is 12.6. The molecule has 3 heterocycles. The van der Waals surface area contributed by atoms with Crippen LogP contribution >= 0.6 is 0 Å². The number of likely N-dealkylation sites (tertiary alicyclic amines) is 1. The second-order valence-electron chi connectivity index (χ2n) is 6.87. The molecule has 0 bridgehead atoms. The van der Waals surface area contributed by atoms with Gasteiger partial charge in [-0.2, -0.15) is 0 Å². The van der Waals surface area contributed by atoms with Gasteiger partial charge in [-0.15, -0.1) is 5.10 Å². The number of unbranched alkanes of at least 4 members (excludes halogenated alkanes) is 1. The van der Waals surface area contributed by atoms with Crippen LogP contribution in [-0.2, 0) is 9.59 Å². The number of pyridine rings is 1. The lowest BCUT2D eigenvalue weighted by atomic mass is 10.2. The molecule has 0 saturated carbocycles. The number of carbonyl (C=O) groups is 2. The molecule has 0 spiro atoms. The SMILES string of the molecule is O=C(O)C=CC(=O)O.c1ccn2nc(OCCCCN3CCCCCC3)cc2c1. The molecule has 1 aliphatic rings. The molecule has 1 fully saturated rings. The molecule has 8 nitrogen and oxygen atoms in total. The van der Waals surface area contributed by atoms with E-state index in [4.69, 9.17) is 14.9 Å². The van der Waals surface area contributed by atoms with Crippen molar-refractivity contribution in [3.05, 3.63) is 42.6 Å². The van der Waals surface area contributed by atoms with Crippen molar-refractivity contribution in [2.45, 2.75) is 38.5 Å². The maximum Gasteiger partial charge on any atom is 0.328 e. The highest BCUT2D eigenvalue weighted by molar-refractivity contribution is 5.89. The van der Waals surface area contributed by atoms with Crippen LogP contribution in [0.25, 0.3) is 5.52 Å². The molecule has 0 radical (unpaired) electrons. The van der Waals surface area contributed by atoms with Crippen LogP contribution in [0.2, 0.25) is 0 Å². The summed E-state index contributed by atoms with van der Waals surface area (Å²) in [5, 5.41) is 20.0. The predicted molar refractivity (Wildman–Crippen MR) is 109 cm³/mol. The summed E-state index contributed by atoms with van der Waals surface area (Å²) in [6, 6.07) is 8.03. The normalized spacial score (nSPS) is 14.9. The first-order valence-corrected chi connectivity index (χ1v) is 9.98. The molecule has 0 aliphatic carbocycles.